The van der Waals surface area contributed by atoms with E-state index in [-0.39, 0.29) is 0 Å². The van der Waals surface area contributed by atoms with Crippen LogP contribution in [0, 0.1) is 0 Å². The van der Waals surface area contributed by atoms with Crippen molar-refractivity contribution in [3.63, 3.8) is 0 Å². The van der Waals surface area contributed by atoms with E-state index >= 15 is 0 Å². The molecule has 1 fully saturated rings. The van der Waals surface area contributed by atoms with Gasteiger partial charge in [-0.05, 0) is 18.9 Å². The summed E-state index contributed by atoms with van der Waals surface area (Å²) < 4.78 is 16.1. The first kappa shape index (κ1) is 15.0. The fourth-order valence-corrected chi connectivity index (χ4v) is 2.79. The van der Waals surface area contributed by atoms with Gasteiger partial charge in [0.05, 0.1) is 21.3 Å². The lowest BCUT2D eigenvalue weighted by atomic mass is 9.95. The van der Waals surface area contributed by atoms with Crippen LogP contribution in [-0.4, -0.2) is 27.4 Å². The van der Waals surface area contributed by atoms with Crippen LogP contribution >= 0.6 is 0 Å². The lowest BCUT2D eigenvalue weighted by Crippen LogP contribution is -2.30. The van der Waals surface area contributed by atoms with Crippen LogP contribution in [0.4, 0.5) is 0 Å². The summed E-state index contributed by atoms with van der Waals surface area (Å²) in [6.07, 6.45) is 6.59. The van der Waals surface area contributed by atoms with Gasteiger partial charge in [-0.25, -0.2) is 0 Å². The van der Waals surface area contributed by atoms with Gasteiger partial charge >= 0.3 is 0 Å². The lowest BCUT2D eigenvalue weighted by Gasteiger charge is -2.23. The van der Waals surface area contributed by atoms with E-state index < -0.39 is 0 Å². The summed E-state index contributed by atoms with van der Waals surface area (Å²) in [5, 5.41) is 3.63. The summed E-state index contributed by atoms with van der Waals surface area (Å²) in [6.45, 7) is 0.800. The maximum Gasteiger partial charge on any atom is 0.164 e. The highest BCUT2D eigenvalue weighted by molar-refractivity contribution is 5.50. The second-order valence-corrected chi connectivity index (χ2v) is 5.23. The number of hydrogen-bond donors (Lipinski definition) is 1. The van der Waals surface area contributed by atoms with Crippen molar-refractivity contribution in [1.29, 1.82) is 0 Å². The molecule has 0 atom stereocenters. The van der Waals surface area contributed by atoms with Gasteiger partial charge in [0, 0.05) is 24.2 Å². The standard InChI is InChI=1S/C16H25NO3/c1-18-14-10-16(20-3)15(19-2)9-12(14)11-17-13-7-5-4-6-8-13/h9-10,13,17H,4-8,11H2,1-3H3. The van der Waals surface area contributed by atoms with Crippen molar-refractivity contribution in [2.75, 3.05) is 21.3 Å². The Hall–Kier alpha value is -1.42. The van der Waals surface area contributed by atoms with Crippen molar-refractivity contribution in [2.24, 2.45) is 0 Å². The Morgan fingerprint density at radius 3 is 2.10 bits per heavy atom. The molecule has 4 nitrogen and oxygen atoms in total. The summed E-state index contributed by atoms with van der Waals surface area (Å²) in [6, 6.07) is 4.51. The molecule has 112 valence electrons. The van der Waals surface area contributed by atoms with Crippen molar-refractivity contribution in [2.45, 2.75) is 44.7 Å². The molecule has 0 heterocycles. The maximum atomic E-state index is 5.45. The van der Waals surface area contributed by atoms with Crippen LogP contribution in [0.2, 0.25) is 0 Å². The third kappa shape index (κ3) is 3.57. The number of hydrogen-bond acceptors (Lipinski definition) is 4. The highest BCUT2D eigenvalue weighted by Crippen LogP contribution is 2.34. The average Bonchev–Trinajstić information content (AvgIpc) is 2.52. The monoisotopic (exact) mass is 279 g/mol. The molecule has 1 aliphatic rings. The summed E-state index contributed by atoms with van der Waals surface area (Å²) in [5.41, 5.74) is 1.11. The Labute approximate surface area is 121 Å². The lowest BCUT2D eigenvalue weighted by molar-refractivity contribution is 0.343. The fraction of sp³-hybridized carbons (Fsp3) is 0.625. The van der Waals surface area contributed by atoms with Crippen molar-refractivity contribution < 1.29 is 14.2 Å². The molecule has 0 aliphatic heterocycles. The van der Waals surface area contributed by atoms with Crippen LogP contribution in [0.1, 0.15) is 37.7 Å². The quantitative estimate of drug-likeness (QED) is 0.868. The topological polar surface area (TPSA) is 39.7 Å². The molecule has 0 spiro atoms. The molecule has 1 aliphatic carbocycles. The third-order valence-corrected chi connectivity index (χ3v) is 3.97. The number of nitrogens with one attached hydrogen (secondary N) is 1. The van der Waals surface area contributed by atoms with Crippen molar-refractivity contribution in [1.82, 2.24) is 5.32 Å². The highest BCUT2D eigenvalue weighted by Gasteiger charge is 2.15. The Bertz CT molecular complexity index is 428. The van der Waals surface area contributed by atoms with Gasteiger partial charge in [-0.2, -0.15) is 0 Å². The zero-order valence-corrected chi connectivity index (χ0v) is 12.7. The Balaban J connectivity index is 2.08. The van der Waals surface area contributed by atoms with E-state index in [1.807, 2.05) is 12.1 Å². The van der Waals surface area contributed by atoms with Crippen LogP contribution in [0.3, 0.4) is 0 Å². The molecule has 1 N–H and O–H groups in total. The van der Waals surface area contributed by atoms with Crippen LogP contribution < -0.4 is 19.5 Å². The summed E-state index contributed by atoms with van der Waals surface area (Å²) in [7, 11) is 4.98. The van der Waals surface area contributed by atoms with E-state index in [1.54, 1.807) is 21.3 Å². The van der Waals surface area contributed by atoms with E-state index in [4.69, 9.17) is 14.2 Å². The zero-order valence-electron chi connectivity index (χ0n) is 12.7. The zero-order chi connectivity index (χ0) is 14.4. The average molecular weight is 279 g/mol. The van der Waals surface area contributed by atoms with Gasteiger partial charge < -0.3 is 19.5 Å². The molecule has 0 radical (unpaired) electrons. The first-order valence-corrected chi connectivity index (χ1v) is 7.30. The molecule has 1 aromatic carbocycles. The van der Waals surface area contributed by atoms with Crippen molar-refractivity contribution in [3.8, 4) is 17.2 Å². The number of methoxy groups -OCH3 is 3. The predicted octanol–water partition coefficient (Wildman–Crippen LogP) is 3.13. The first-order chi connectivity index (χ1) is 9.78. The van der Waals surface area contributed by atoms with Crippen LogP contribution in [-0.2, 0) is 6.54 Å². The second-order valence-electron chi connectivity index (χ2n) is 5.23. The molecule has 0 bridgehead atoms. The van der Waals surface area contributed by atoms with Crippen LogP contribution in [0.5, 0.6) is 17.2 Å². The van der Waals surface area contributed by atoms with Gasteiger partial charge in [-0.1, -0.05) is 19.3 Å². The Kier molecular flexibility index (Phi) is 5.53. The molecule has 20 heavy (non-hydrogen) atoms. The number of benzene rings is 1. The second kappa shape index (κ2) is 7.39. The molecular formula is C16H25NO3. The van der Waals surface area contributed by atoms with E-state index in [1.165, 1.54) is 32.1 Å². The molecule has 2 rings (SSSR count). The predicted molar refractivity (Wildman–Crippen MR) is 79.8 cm³/mol. The van der Waals surface area contributed by atoms with E-state index in [9.17, 15) is 0 Å². The normalized spacial score (nSPS) is 15.9. The molecule has 1 aromatic rings. The summed E-state index contributed by atoms with van der Waals surface area (Å²) in [5.74, 6) is 2.28. The van der Waals surface area contributed by atoms with Gasteiger partial charge in [-0.15, -0.1) is 0 Å². The molecule has 1 saturated carbocycles. The van der Waals surface area contributed by atoms with Gasteiger partial charge in [0.1, 0.15) is 5.75 Å². The molecule has 0 amide bonds. The molecular weight excluding hydrogens is 254 g/mol. The SMILES string of the molecule is COc1cc(OC)c(OC)cc1CNC1CCCCC1. The molecule has 4 heteroatoms. The van der Waals surface area contributed by atoms with E-state index in [0.29, 0.717) is 11.8 Å². The first-order valence-electron chi connectivity index (χ1n) is 7.30. The number of rotatable bonds is 6. The summed E-state index contributed by atoms with van der Waals surface area (Å²) >= 11 is 0. The van der Waals surface area contributed by atoms with Crippen LogP contribution in [0.15, 0.2) is 12.1 Å². The molecule has 0 unspecified atom stereocenters. The maximum absolute atomic E-state index is 5.45. The molecule has 0 aromatic heterocycles. The van der Waals surface area contributed by atoms with Gasteiger partial charge in [0.15, 0.2) is 11.5 Å². The fourth-order valence-electron chi connectivity index (χ4n) is 2.79. The van der Waals surface area contributed by atoms with E-state index in [0.717, 1.165) is 23.6 Å². The van der Waals surface area contributed by atoms with E-state index in [2.05, 4.69) is 5.32 Å². The minimum absolute atomic E-state index is 0.626. The van der Waals surface area contributed by atoms with Gasteiger partial charge in [0.25, 0.3) is 0 Å². The number of ether oxygens (including phenoxy) is 3. The van der Waals surface area contributed by atoms with Crippen LogP contribution in [0.25, 0.3) is 0 Å². The largest absolute Gasteiger partial charge is 0.496 e. The third-order valence-electron chi connectivity index (χ3n) is 3.97. The minimum atomic E-state index is 0.626. The minimum Gasteiger partial charge on any atom is -0.496 e. The highest BCUT2D eigenvalue weighted by atomic mass is 16.5. The Morgan fingerprint density at radius 2 is 1.50 bits per heavy atom. The van der Waals surface area contributed by atoms with Gasteiger partial charge in [-0.3, -0.25) is 0 Å². The molecule has 0 saturated heterocycles. The Morgan fingerprint density at radius 1 is 0.900 bits per heavy atom. The smallest absolute Gasteiger partial charge is 0.164 e. The van der Waals surface area contributed by atoms with Crippen molar-refractivity contribution >= 4 is 0 Å². The van der Waals surface area contributed by atoms with Crippen molar-refractivity contribution in [3.05, 3.63) is 17.7 Å². The summed E-state index contributed by atoms with van der Waals surface area (Å²) in [4.78, 5) is 0. The van der Waals surface area contributed by atoms with Gasteiger partial charge in [0.2, 0.25) is 0 Å².